The van der Waals surface area contributed by atoms with Crippen molar-refractivity contribution in [1.29, 1.82) is 0 Å². The number of nitrogens with two attached hydrogens (primary N) is 1. The number of primary sulfonamides is 1. The van der Waals surface area contributed by atoms with Crippen molar-refractivity contribution in [1.82, 2.24) is 10.3 Å². The van der Waals surface area contributed by atoms with E-state index in [0.29, 0.717) is 10.7 Å². The molecule has 0 amide bonds. The number of benzene rings is 3. The summed E-state index contributed by atoms with van der Waals surface area (Å²) >= 11 is 6.07. The Morgan fingerprint density at radius 2 is 1.71 bits per heavy atom. The molecular formula is C25H25ClFN5O4S2. The van der Waals surface area contributed by atoms with Gasteiger partial charge < -0.3 is 5.32 Å². The zero-order chi connectivity index (χ0) is 27.5. The van der Waals surface area contributed by atoms with Gasteiger partial charge in [-0.3, -0.25) is 0 Å². The number of nitrogens with one attached hydrogen (secondary N) is 1. The molecule has 3 N–H and O–H groups in total. The highest BCUT2D eigenvalue weighted by Gasteiger charge is 2.33. The number of hydrazone groups is 1. The van der Waals surface area contributed by atoms with Crippen molar-refractivity contribution in [2.24, 2.45) is 14.6 Å². The fourth-order valence-corrected chi connectivity index (χ4v) is 5.17. The van der Waals surface area contributed by atoms with Crippen molar-refractivity contribution < 1.29 is 21.2 Å². The minimum Gasteiger partial charge on any atom is -0.353 e. The normalized spacial score (nSPS) is 17.3. The number of nitrogens with zero attached hydrogens (tertiary/aromatic N) is 3. The number of hydrogen-bond donors (Lipinski definition) is 2. The van der Waals surface area contributed by atoms with E-state index in [4.69, 9.17) is 16.7 Å². The molecule has 0 fully saturated rings. The summed E-state index contributed by atoms with van der Waals surface area (Å²) in [4.78, 5) is -0.238. The van der Waals surface area contributed by atoms with Gasteiger partial charge in [0.25, 0.3) is 10.0 Å². The largest absolute Gasteiger partial charge is 0.353 e. The summed E-state index contributed by atoms with van der Waals surface area (Å²) in [6.45, 7) is 1.36. The lowest BCUT2D eigenvalue weighted by Crippen LogP contribution is -2.44. The van der Waals surface area contributed by atoms with Crippen molar-refractivity contribution in [3.8, 4) is 0 Å². The minimum atomic E-state index is -4.32. The standard InChI is InChI=1S/C25H25ClFN5O4S2/c1-17(37(28,33)34)15-29-25(31-38(35,36)22-13-11-21(27)12-14-22)32-16-23(18-5-3-2-4-6-18)24(30-32)19-7-9-20(26)10-8-19/h2-14,17,23H,15-16H2,1H3,(H,29,31)(H2,28,33,34)/t17-,23+/m0/s1. The molecular weight excluding hydrogens is 553 g/mol. The highest BCUT2D eigenvalue weighted by atomic mass is 35.5. The predicted octanol–water partition coefficient (Wildman–Crippen LogP) is 3.29. The van der Waals surface area contributed by atoms with Crippen LogP contribution in [0.25, 0.3) is 0 Å². The van der Waals surface area contributed by atoms with Crippen LogP contribution in [0.1, 0.15) is 24.0 Å². The van der Waals surface area contributed by atoms with Crippen LogP contribution in [0.2, 0.25) is 5.02 Å². The summed E-state index contributed by atoms with van der Waals surface area (Å²) < 4.78 is 67.1. The summed E-state index contributed by atoms with van der Waals surface area (Å²) in [7, 11) is -8.23. The van der Waals surface area contributed by atoms with Crippen molar-refractivity contribution in [2.45, 2.75) is 23.0 Å². The molecule has 200 valence electrons. The fraction of sp³-hybridized carbons (Fsp3) is 0.200. The SMILES string of the molecule is C[C@@H](CN/C(=N\S(=O)(=O)c1ccc(F)cc1)N1C[C@H](c2ccccc2)C(c2ccc(Cl)cc2)=N1)S(N)(=O)=O. The maximum Gasteiger partial charge on any atom is 0.285 e. The van der Waals surface area contributed by atoms with Crippen molar-refractivity contribution in [3.05, 3.63) is 101 Å². The lowest BCUT2D eigenvalue weighted by molar-refractivity contribution is 0.454. The van der Waals surface area contributed by atoms with E-state index in [9.17, 15) is 21.2 Å². The Balaban J connectivity index is 1.78. The van der Waals surface area contributed by atoms with E-state index in [1.54, 1.807) is 12.1 Å². The molecule has 0 aromatic heterocycles. The fourth-order valence-electron chi connectivity index (χ4n) is 3.76. The first-order valence-electron chi connectivity index (χ1n) is 11.5. The van der Waals surface area contributed by atoms with Crippen LogP contribution in [0.5, 0.6) is 0 Å². The Morgan fingerprint density at radius 3 is 2.32 bits per heavy atom. The molecule has 0 radical (unpaired) electrons. The lowest BCUT2D eigenvalue weighted by Gasteiger charge is -2.21. The number of hydrogen-bond acceptors (Lipinski definition) is 5. The molecule has 0 saturated carbocycles. The summed E-state index contributed by atoms with van der Waals surface area (Å²) in [5.41, 5.74) is 2.34. The molecule has 9 nitrogen and oxygen atoms in total. The smallest absolute Gasteiger partial charge is 0.285 e. The van der Waals surface area contributed by atoms with Crippen LogP contribution >= 0.6 is 11.6 Å². The van der Waals surface area contributed by atoms with Crippen molar-refractivity contribution in [2.75, 3.05) is 13.1 Å². The van der Waals surface area contributed by atoms with Gasteiger partial charge in [0.05, 0.1) is 22.4 Å². The van der Waals surface area contributed by atoms with Gasteiger partial charge in [0.1, 0.15) is 5.82 Å². The topological polar surface area (TPSA) is 134 Å². The zero-order valence-corrected chi connectivity index (χ0v) is 22.6. The second-order valence-electron chi connectivity index (χ2n) is 8.66. The number of halogens is 2. The van der Waals surface area contributed by atoms with Gasteiger partial charge in [-0.05, 0) is 54.4 Å². The van der Waals surface area contributed by atoms with Gasteiger partial charge in [0, 0.05) is 17.5 Å². The Labute approximate surface area is 225 Å². The van der Waals surface area contributed by atoms with Crippen LogP contribution in [0.3, 0.4) is 0 Å². The molecule has 38 heavy (non-hydrogen) atoms. The van der Waals surface area contributed by atoms with E-state index >= 15 is 0 Å². The third kappa shape index (κ3) is 6.57. The van der Waals surface area contributed by atoms with Crippen LogP contribution < -0.4 is 10.5 Å². The zero-order valence-electron chi connectivity index (χ0n) is 20.2. The van der Waals surface area contributed by atoms with Crippen LogP contribution in [0.15, 0.2) is 93.3 Å². The van der Waals surface area contributed by atoms with E-state index < -0.39 is 31.1 Å². The summed E-state index contributed by atoms with van der Waals surface area (Å²) in [6, 6.07) is 20.8. The van der Waals surface area contributed by atoms with E-state index in [1.807, 2.05) is 42.5 Å². The summed E-state index contributed by atoms with van der Waals surface area (Å²) in [5, 5.41) is 13.6. The Kier molecular flexibility index (Phi) is 8.16. The predicted molar refractivity (Wildman–Crippen MR) is 145 cm³/mol. The minimum absolute atomic E-state index is 0.199. The maximum absolute atomic E-state index is 13.4. The molecule has 0 saturated heterocycles. The lowest BCUT2D eigenvalue weighted by atomic mass is 9.91. The summed E-state index contributed by atoms with van der Waals surface area (Å²) in [5.74, 6) is -1.07. The van der Waals surface area contributed by atoms with Crippen LogP contribution in [0, 0.1) is 5.82 Å². The number of sulfonamides is 2. The first kappa shape index (κ1) is 27.7. The van der Waals surface area contributed by atoms with Gasteiger partial charge in [-0.2, -0.15) is 13.5 Å². The quantitative estimate of drug-likeness (QED) is 0.327. The molecule has 2 atom stereocenters. The van der Waals surface area contributed by atoms with E-state index in [1.165, 1.54) is 11.9 Å². The van der Waals surface area contributed by atoms with Gasteiger partial charge in [-0.15, -0.1) is 4.40 Å². The number of rotatable bonds is 7. The summed E-state index contributed by atoms with van der Waals surface area (Å²) in [6.07, 6.45) is 0. The highest BCUT2D eigenvalue weighted by molar-refractivity contribution is 7.90. The molecule has 3 aromatic rings. The molecule has 4 rings (SSSR count). The van der Waals surface area contributed by atoms with E-state index in [0.717, 1.165) is 35.4 Å². The number of guanidine groups is 1. The Hall–Kier alpha value is -3.32. The van der Waals surface area contributed by atoms with E-state index in [2.05, 4.69) is 14.8 Å². The average molecular weight is 578 g/mol. The van der Waals surface area contributed by atoms with Crippen LogP contribution in [-0.4, -0.2) is 51.9 Å². The van der Waals surface area contributed by atoms with Gasteiger partial charge in [0.15, 0.2) is 0 Å². The average Bonchev–Trinajstić information content (AvgIpc) is 3.32. The van der Waals surface area contributed by atoms with Crippen LogP contribution in [0.4, 0.5) is 4.39 Å². The Morgan fingerprint density at radius 1 is 1.08 bits per heavy atom. The third-order valence-corrected chi connectivity index (χ3v) is 8.75. The van der Waals surface area contributed by atoms with Gasteiger partial charge in [-0.1, -0.05) is 54.1 Å². The first-order chi connectivity index (χ1) is 17.9. The molecule has 0 unspecified atom stereocenters. The second-order valence-corrected chi connectivity index (χ2v) is 12.7. The molecule has 0 aliphatic carbocycles. The first-order valence-corrected chi connectivity index (χ1v) is 14.9. The maximum atomic E-state index is 13.4. The molecule has 0 spiro atoms. The van der Waals surface area contributed by atoms with Gasteiger partial charge in [0.2, 0.25) is 16.0 Å². The monoisotopic (exact) mass is 577 g/mol. The third-order valence-electron chi connectivity index (χ3n) is 5.93. The molecule has 1 heterocycles. The molecule has 0 bridgehead atoms. The molecule has 1 aliphatic heterocycles. The second kappa shape index (κ2) is 11.2. The van der Waals surface area contributed by atoms with Gasteiger partial charge in [-0.25, -0.2) is 23.0 Å². The highest BCUT2D eigenvalue weighted by Crippen LogP contribution is 2.30. The van der Waals surface area contributed by atoms with Crippen LogP contribution in [-0.2, 0) is 20.0 Å². The molecule has 3 aromatic carbocycles. The van der Waals surface area contributed by atoms with Gasteiger partial charge >= 0.3 is 0 Å². The van der Waals surface area contributed by atoms with E-state index in [-0.39, 0.29) is 29.9 Å². The molecule has 13 heteroatoms. The molecule has 1 aliphatic rings. The van der Waals surface area contributed by atoms with Crippen molar-refractivity contribution >= 4 is 43.3 Å². The van der Waals surface area contributed by atoms with Crippen molar-refractivity contribution in [3.63, 3.8) is 0 Å². The Bertz CT molecular complexity index is 1560.